The molecular formula is C20H19N3O5S. The van der Waals surface area contributed by atoms with Crippen molar-refractivity contribution in [2.75, 3.05) is 20.2 Å². The van der Waals surface area contributed by atoms with E-state index in [1.165, 1.54) is 23.3 Å². The van der Waals surface area contributed by atoms with Crippen LogP contribution in [0.2, 0.25) is 0 Å². The number of carbonyl (C=O) groups excluding carboxylic acids is 2. The van der Waals surface area contributed by atoms with Crippen molar-refractivity contribution in [2.45, 2.75) is 12.5 Å². The fourth-order valence-corrected chi connectivity index (χ4v) is 4.52. The molecule has 0 spiro atoms. The van der Waals surface area contributed by atoms with Crippen LogP contribution in [0.25, 0.3) is 10.9 Å². The van der Waals surface area contributed by atoms with Crippen LogP contribution >= 0.6 is 11.3 Å². The minimum Gasteiger partial charge on any atom is -0.469 e. The van der Waals surface area contributed by atoms with Crippen LogP contribution in [0.15, 0.2) is 50.7 Å². The lowest BCUT2D eigenvalue weighted by Gasteiger charge is -2.16. The number of aromatic nitrogens is 2. The number of carbonyl (C=O) groups is 2. The highest BCUT2D eigenvalue weighted by atomic mass is 32.1. The summed E-state index contributed by atoms with van der Waals surface area (Å²) in [5, 5.41) is 4.21. The summed E-state index contributed by atoms with van der Waals surface area (Å²) in [7, 11) is 1.33. The number of thiophene rings is 1. The van der Waals surface area contributed by atoms with Crippen LogP contribution in [0.4, 0.5) is 0 Å². The maximum Gasteiger partial charge on any atom is 0.329 e. The summed E-state index contributed by atoms with van der Waals surface area (Å²) in [6.45, 7) is 0.130. The Morgan fingerprint density at radius 3 is 2.72 bits per heavy atom. The number of para-hydroxylation sites is 1. The van der Waals surface area contributed by atoms with E-state index in [-0.39, 0.29) is 30.9 Å². The molecule has 2 atom stereocenters. The van der Waals surface area contributed by atoms with Crippen LogP contribution in [0.5, 0.6) is 0 Å². The number of nitrogens with zero attached hydrogens (tertiary/aromatic N) is 2. The number of nitrogens with one attached hydrogen (secondary N) is 1. The van der Waals surface area contributed by atoms with Gasteiger partial charge in [0.15, 0.2) is 0 Å². The first-order chi connectivity index (χ1) is 14.0. The van der Waals surface area contributed by atoms with Crippen LogP contribution in [0.3, 0.4) is 0 Å². The Bertz CT molecular complexity index is 1180. The van der Waals surface area contributed by atoms with Crippen molar-refractivity contribution in [3.05, 3.63) is 67.5 Å². The minimum atomic E-state index is -0.639. The monoisotopic (exact) mass is 413 g/mol. The van der Waals surface area contributed by atoms with Crippen molar-refractivity contribution in [1.29, 1.82) is 0 Å². The van der Waals surface area contributed by atoms with Gasteiger partial charge in [0, 0.05) is 19.0 Å². The number of benzene rings is 1. The maximum atomic E-state index is 12.9. The Balaban J connectivity index is 1.61. The Morgan fingerprint density at radius 2 is 2.00 bits per heavy atom. The first-order valence-electron chi connectivity index (χ1n) is 9.09. The molecule has 2 unspecified atom stereocenters. The molecular weight excluding hydrogens is 394 g/mol. The number of likely N-dealkylation sites (tertiary alicyclic amines) is 1. The van der Waals surface area contributed by atoms with Gasteiger partial charge in [0.25, 0.3) is 5.56 Å². The summed E-state index contributed by atoms with van der Waals surface area (Å²) in [6.07, 6.45) is 0. The van der Waals surface area contributed by atoms with Crippen LogP contribution < -0.4 is 11.2 Å². The summed E-state index contributed by atoms with van der Waals surface area (Å²) in [4.78, 5) is 54.3. The number of hydrogen-bond acceptors (Lipinski definition) is 6. The van der Waals surface area contributed by atoms with Gasteiger partial charge in [-0.1, -0.05) is 12.1 Å². The van der Waals surface area contributed by atoms with Crippen molar-refractivity contribution in [3.8, 4) is 0 Å². The molecule has 1 N–H and O–H groups in total. The zero-order chi connectivity index (χ0) is 20.5. The van der Waals surface area contributed by atoms with Gasteiger partial charge in [-0.3, -0.25) is 19.0 Å². The number of esters is 1. The lowest BCUT2D eigenvalue weighted by Crippen LogP contribution is -2.42. The second-order valence-corrected chi connectivity index (χ2v) is 7.74. The number of H-pyrrole nitrogens is 1. The third-order valence-corrected chi connectivity index (χ3v) is 6.03. The molecule has 0 saturated carbocycles. The molecule has 8 nitrogen and oxygen atoms in total. The molecule has 2 aromatic heterocycles. The van der Waals surface area contributed by atoms with Gasteiger partial charge < -0.3 is 14.6 Å². The molecule has 150 valence electrons. The first-order valence-corrected chi connectivity index (χ1v) is 10.0. The molecule has 1 fully saturated rings. The number of amides is 1. The summed E-state index contributed by atoms with van der Waals surface area (Å²) >= 11 is 1.52. The molecule has 0 radical (unpaired) electrons. The number of fused-ring (bicyclic) bond motifs is 1. The zero-order valence-electron chi connectivity index (χ0n) is 15.7. The number of methoxy groups -OCH3 is 1. The van der Waals surface area contributed by atoms with Crippen molar-refractivity contribution in [3.63, 3.8) is 0 Å². The molecule has 0 bridgehead atoms. The zero-order valence-corrected chi connectivity index (χ0v) is 16.5. The van der Waals surface area contributed by atoms with E-state index in [9.17, 15) is 19.2 Å². The molecule has 1 saturated heterocycles. The van der Waals surface area contributed by atoms with Gasteiger partial charge in [-0.15, -0.1) is 0 Å². The molecule has 0 aliphatic carbocycles. The molecule has 1 aliphatic heterocycles. The molecule has 1 aromatic carbocycles. The molecule has 3 aromatic rings. The van der Waals surface area contributed by atoms with E-state index in [0.717, 1.165) is 10.1 Å². The highest BCUT2D eigenvalue weighted by molar-refractivity contribution is 7.08. The second-order valence-electron chi connectivity index (χ2n) is 6.96. The number of rotatable bonds is 4. The molecule has 3 heterocycles. The van der Waals surface area contributed by atoms with Crippen LogP contribution in [-0.4, -0.2) is 46.5 Å². The predicted octanol–water partition coefficient (Wildman–Crippen LogP) is 1.17. The van der Waals surface area contributed by atoms with Crippen molar-refractivity contribution in [1.82, 2.24) is 14.5 Å². The Labute approximate surface area is 169 Å². The molecule has 1 amide bonds. The molecule has 4 rings (SSSR count). The normalized spacial score (nSPS) is 18.9. The summed E-state index contributed by atoms with van der Waals surface area (Å²) in [6, 6.07) is 8.58. The van der Waals surface area contributed by atoms with E-state index in [1.54, 1.807) is 24.3 Å². The van der Waals surface area contributed by atoms with Crippen molar-refractivity contribution in [2.24, 2.45) is 5.92 Å². The number of ether oxygens (including phenoxy) is 1. The van der Waals surface area contributed by atoms with Gasteiger partial charge in [0.1, 0.15) is 6.54 Å². The fraction of sp³-hybridized carbons (Fsp3) is 0.300. The fourth-order valence-electron chi connectivity index (χ4n) is 3.80. The molecule has 1 aliphatic rings. The van der Waals surface area contributed by atoms with Gasteiger partial charge in [-0.2, -0.15) is 11.3 Å². The average molecular weight is 413 g/mol. The average Bonchev–Trinajstić information content (AvgIpc) is 3.40. The second kappa shape index (κ2) is 7.67. The van der Waals surface area contributed by atoms with Gasteiger partial charge in [-0.25, -0.2) is 4.79 Å². The maximum absolute atomic E-state index is 12.9. The molecule has 29 heavy (non-hydrogen) atoms. The Morgan fingerprint density at radius 1 is 1.21 bits per heavy atom. The Hall–Kier alpha value is -3.20. The quantitative estimate of drug-likeness (QED) is 0.647. The van der Waals surface area contributed by atoms with E-state index < -0.39 is 17.2 Å². The van der Waals surface area contributed by atoms with Gasteiger partial charge in [0.2, 0.25) is 5.91 Å². The highest BCUT2D eigenvalue weighted by Crippen LogP contribution is 2.34. The smallest absolute Gasteiger partial charge is 0.329 e. The third-order valence-electron chi connectivity index (χ3n) is 5.33. The van der Waals surface area contributed by atoms with Crippen molar-refractivity contribution >= 4 is 34.1 Å². The number of hydrogen-bond donors (Lipinski definition) is 1. The Kier molecular flexibility index (Phi) is 5.06. The highest BCUT2D eigenvalue weighted by Gasteiger charge is 2.41. The van der Waals surface area contributed by atoms with E-state index in [2.05, 4.69) is 4.98 Å². The van der Waals surface area contributed by atoms with Crippen LogP contribution in [0, 0.1) is 5.92 Å². The van der Waals surface area contributed by atoms with Crippen LogP contribution in [-0.2, 0) is 20.9 Å². The van der Waals surface area contributed by atoms with E-state index in [1.807, 2.05) is 16.8 Å². The summed E-state index contributed by atoms with van der Waals surface area (Å²) in [5.41, 5.74) is 0.244. The predicted molar refractivity (Wildman–Crippen MR) is 108 cm³/mol. The lowest BCUT2D eigenvalue weighted by molar-refractivity contribution is -0.145. The summed E-state index contributed by atoms with van der Waals surface area (Å²) < 4.78 is 5.81. The topological polar surface area (TPSA) is 101 Å². The van der Waals surface area contributed by atoms with E-state index >= 15 is 0 Å². The first kappa shape index (κ1) is 19.1. The lowest BCUT2D eigenvalue weighted by atomic mass is 9.91. The standard InChI is InChI=1S/C20H19N3O5S/c1-28-19(26)15-9-22(8-14(15)12-6-7-29-11-12)17(24)10-23-18(25)13-4-2-3-5-16(13)21-20(23)27/h2-7,11,14-15H,8-10H2,1H3,(H,21,27). The van der Waals surface area contributed by atoms with E-state index in [4.69, 9.17) is 4.74 Å². The largest absolute Gasteiger partial charge is 0.469 e. The summed E-state index contributed by atoms with van der Waals surface area (Å²) in [5.74, 6) is -1.42. The number of aromatic amines is 1. The van der Waals surface area contributed by atoms with Gasteiger partial charge in [-0.05, 0) is 34.5 Å². The SMILES string of the molecule is COC(=O)C1CN(C(=O)Cn2c(=O)[nH]c3ccccc3c2=O)CC1c1ccsc1. The van der Waals surface area contributed by atoms with Gasteiger partial charge >= 0.3 is 11.7 Å². The van der Waals surface area contributed by atoms with Crippen molar-refractivity contribution < 1.29 is 14.3 Å². The van der Waals surface area contributed by atoms with Crippen LogP contribution in [0.1, 0.15) is 11.5 Å². The molecule has 9 heteroatoms. The van der Waals surface area contributed by atoms with Gasteiger partial charge in [0.05, 0.1) is 23.9 Å². The third kappa shape index (κ3) is 3.49. The van der Waals surface area contributed by atoms with E-state index in [0.29, 0.717) is 17.4 Å². The minimum absolute atomic E-state index is 0.177.